The Morgan fingerprint density at radius 2 is 2.20 bits per heavy atom. The molecule has 0 saturated carbocycles. The molecule has 138 valence electrons. The van der Waals surface area contributed by atoms with Crippen LogP contribution in [0.3, 0.4) is 0 Å². The number of aromatic nitrogens is 1. The van der Waals surface area contributed by atoms with E-state index in [0.29, 0.717) is 24.1 Å². The number of pyridine rings is 1. The van der Waals surface area contributed by atoms with Gasteiger partial charge in [-0.1, -0.05) is 17.7 Å². The quantitative estimate of drug-likeness (QED) is 0.574. The molecule has 3 heterocycles. The third-order valence-electron chi connectivity index (χ3n) is 5.42. The summed E-state index contributed by atoms with van der Waals surface area (Å²) in [5, 5.41) is 0.553. The lowest BCUT2D eigenvalue weighted by Gasteiger charge is -2.48. The van der Waals surface area contributed by atoms with E-state index in [1.165, 1.54) is 12.8 Å². The predicted molar refractivity (Wildman–Crippen MR) is 98.5 cm³/mol. The highest BCUT2D eigenvalue weighted by Crippen LogP contribution is 2.39. The summed E-state index contributed by atoms with van der Waals surface area (Å²) in [6.07, 6.45) is 4.98. The van der Waals surface area contributed by atoms with Crippen LogP contribution in [0.4, 0.5) is 0 Å². The van der Waals surface area contributed by atoms with E-state index in [9.17, 15) is 4.79 Å². The van der Waals surface area contributed by atoms with Gasteiger partial charge in [0, 0.05) is 51.7 Å². The summed E-state index contributed by atoms with van der Waals surface area (Å²) in [4.78, 5) is 21.2. The molecule has 1 aromatic rings. The van der Waals surface area contributed by atoms with Crippen LogP contribution < -0.4 is 0 Å². The summed E-state index contributed by atoms with van der Waals surface area (Å²) >= 11 is 6.02. The highest BCUT2D eigenvalue weighted by atomic mass is 35.5. The molecule has 2 aliphatic rings. The van der Waals surface area contributed by atoms with Gasteiger partial charge in [-0.3, -0.25) is 9.69 Å². The Labute approximate surface area is 155 Å². The second-order valence-electron chi connectivity index (χ2n) is 7.43. The molecule has 2 fully saturated rings. The van der Waals surface area contributed by atoms with Crippen molar-refractivity contribution in [3.8, 4) is 0 Å². The van der Waals surface area contributed by atoms with E-state index >= 15 is 0 Å². The van der Waals surface area contributed by atoms with Crippen molar-refractivity contribution in [2.45, 2.75) is 38.6 Å². The van der Waals surface area contributed by atoms with E-state index in [-0.39, 0.29) is 5.41 Å². The highest BCUT2D eigenvalue weighted by molar-refractivity contribution is 6.29. The number of halogens is 1. The standard InChI is InChI=1S/C19H28ClN3O2/c1-25-12-4-11-23-15-19(9-7-18(23)24)8-3-10-22(14-19)13-16-5-2-6-17(20)21-16/h2,5-6H,3-4,7-15H2,1H3/t19-/m1/s1. The Balaban J connectivity index is 1.61. The zero-order valence-corrected chi connectivity index (χ0v) is 15.8. The molecule has 1 amide bonds. The lowest BCUT2D eigenvalue weighted by atomic mass is 9.73. The molecule has 1 atom stereocenters. The van der Waals surface area contributed by atoms with Gasteiger partial charge in [-0.05, 0) is 44.4 Å². The van der Waals surface area contributed by atoms with Crippen molar-refractivity contribution in [2.75, 3.05) is 39.9 Å². The smallest absolute Gasteiger partial charge is 0.222 e. The molecule has 2 aliphatic heterocycles. The van der Waals surface area contributed by atoms with Crippen molar-refractivity contribution in [1.29, 1.82) is 0 Å². The molecule has 25 heavy (non-hydrogen) atoms. The SMILES string of the molecule is COCCCN1C[C@]2(CCCN(Cc3cccc(Cl)n3)C2)CCC1=O. The molecule has 0 N–H and O–H groups in total. The maximum atomic E-state index is 12.3. The van der Waals surface area contributed by atoms with Crippen LogP contribution >= 0.6 is 11.6 Å². The van der Waals surface area contributed by atoms with Crippen LogP contribution in [0.5, 0.6) is 0 Å². The van der Waals surface area contributed by atoms with E-state index in [1.807, 2.05) is 18.2 Å². The van der Waals surface area contributed by atoms with Crippen molar-refractivity contribution in [3.63, 3.8) is 0 Å². The first-order chi connectivity index (χ1) is 12.1. The fraction of sp³-hybridized carbons (Fsp3) is 0.684. The van der Waals surface area contributed by atoms with Gasteiger partial charge in [0.05, 0.1) is 5.69 Å². The summed E-state index contributed by atoms with van der Waals surface area (Å²) in [6, 6.07) is 5.81. The van der Waals surface area contributed by atoms with Crippen molar-refractivity contribution in [1.82, 2.24) is 14.8 Å². The van der Waals surface area contributed by atoms with Crippen molar-refractivity contribution >= 4 is 17.5 Å². The monoisotopic (exact) mass is 365 g/mol. The molecular weight excluding hydrogens is 338 g/mol. The van der Waals surface area contributed by atoms with Gasteiger partial charge in [0.1, 0.15) is 5.15 Å². The molecule has 5 nitrogen and oxygen atoms in total. The largest absolute Gasteiger partial charge is 0.385 e. The van der Waals surface area contributed by atoms with Gasteiger partial charge in [-0.2, -0.15) is 0 Å². The second-order valence-corrected chi connectivity index (χ2v) is 7.81. The van der Waals surface area contributed by atoms with E-state index in [1.54, 1.807) is 7.11 Å². The number of carbonyl (C=O) groups excluding carboxylic acids is 1. The van der Waals surface area contributed by atoms with E-state index in [0.717, 1.165) is 51.3 Å². The number of hydrogen-bond acceptors (Lipinski definition) is 4. The third-order valence-corrected chi connectivity index (χ3v) is 5.63. The summed E-state index contributed by atoms with van der Waals surface area (Å²) in [5.74, 6) is 0.301. The summed E-state index contributed by atoms with van der Waals surface area (Å²) in [6.45, 7) is 5.37. The number of amides is 1. The lowest BCUT2D eigenvalue weighted by molar-refractivity contribution is -0.139. The number of carbonyl (C=O) groups is 1. The number of hydrogen-bond donors (Lipinski definition) is 0. The van der Waals surface area contributed by atoms with Crippen LogP contribution in [0.2, 0.25) is 5.15 Å². The predicted octanol–water partition coefficient (Wildman–Crippen LogP) is 2.98. The molecule has 0 bridgehead atoms. The number of methoxy groups -OCH3 is 1. The molecule has 1 spiro atoms. The van der Waals surface area contributed by atoms with Crippen molar-refractivity contribution in [2.24, 2.45) is 5.41 Å². The number of nitrogens with zero attached hydrogens (tertiary/aromatic N) is 3. The normalized spacial score (nSPS) is 24.9. The fourth-order valence-electron chi connectivity index (χ4n) is 4.25. The Morgan fingerprint density at radius 3 is 3.00 bits per heavy atom. The zero-order valence-electron chi connectivity index (χ0n) is 15.0. The Bertz CT molecular complexity index is 598. The molecular formula is C19H28ClN3O2. The van der Waals surface area contributed by atoms with Crippen LogP contribution in [0, 0.1) is 5.41 Å². The summed E-state index contributed by atoms with van der Waals surface area (Å²) in [5.41, 5.74) is 1.26. The van der Waals surface area contributed by atoms with Crippen LogP contribution in [0.15, 0.2) is 18.2 Å². The first-order valence-electron chi connectivity index (χ1n) is 9.21. The maximum Gasteiger partial charge on any atom is 0.222 e. The second kappa shape index (κ2) is 8.47. The van der Waals surface area contributed by atoms with Gasteiger partial charge >= 0.3 is 0 Å². The van der Waals surface area contributed by atoms with Crippen molar-refractivity contribution < 1.29 is 9.53 Å². The maximum absolute atomic E-state index is 12.3. The average molecular weight is 366 g/mol. The Hall–Kier alpha value is -1.17. The van der Waals surface area contributed by atoms with E-state index in [2.05, 4.69) is 14.8 Å². The van der Waals surface area contributed by atoms with Crippen molar-refractivity contribution in [3.05, 3.63) is 29.0 Å². The molecule has 3 rings (SSSR count). The van der Waals surface area contributed by atoms with Crippen LogP contribution in [-0.2, 0) is 16.1 Å². The van der Waals surface area contributed by atoms with Gasteiger partial charge in [-0.15, -0.1) is 0 Å². The summed E-state index contributed by atoms with van der Waals surface area (Å²) < 4.78 is 5.13. The number of ether oxygens (including phenoxy) is 1. The topological polar surface area (TPSA) is 45.7 Å². The van der Waals surface area contributed by atoms with Crippen LogP contribution in [0.1, 0.15) is 37.8 Å². The van der Waals surface area contributed by atoms with Gasteiger partial charge < -0.3 is 9.64 Å². The Morgan fingerprint density at radius 1 is 1.32 bits per heavy atom. The average Bonchev–Trinajstić information content (AvgIpc) is 2.59. The zero-order chi connectivity index (χ0) is 17.7. The molecule has 0 aliphatic carbocycles. The number of piperidine rings is 2. The highest BCUT2D eigenvalue weighted by Gasteiger charge is 2.41. The molecule has 6 heteroatoms. The number of rotatable bonds is 6. The third kappa shape index (κ3) is 4.93. The molecule has 2 saturated heterocycles. The molecule has 0 radical (unpaired) electrons. The van der Waals surface area contributed by atoms with Gasteiger partial charge in [0.25, 0.3) is 0 Å². The first kappa shape index (κ1) is 18.6. The first-order valence-corrected chi connectivity index (χ1v) is 9.59. The summed E-state index contributed by atoms with van der Waals surface area (Å²) in [7, 11) is 1.71. The minimum Gasteiger partial charge on any atom is -0.385 e. The van der Waals surface area contributed by atoms with Crippen LogP contribution in [-0.4, -0.2) is 60.6 Å². The van der Waals surface area contributed by atoms with Gasteiger partial charge in [0.15, 0.2) is 0 Å². The van der Waals surface area contributed by atoms with Crippen LogP contribution in [0.25, 0.3) is 0 Å². The fourth-order valence-corrected chi connectivity index (χ4v) is 4.43. The van der Waals surface area contributed by atoms with E-state index < -0.39 is 0 Å². The minimum atomic E-state index is 0.234. The Kier molecular flexibility index (Phi) is 6.31. The minimum absolute atomic E-state index is 0.234. The molecule has 0 unspecified atom stereocenters. The lowest BCUT2D eigenvalue weighted by Crippen LogP contribution is -2.54. The number of likely N-dealkylation sites (tertiary alicyclic amines) is 2. The molecule has 1 aromatic heterocycles. The molecule has 0 aromatic carbocycles. The van der Waals surface area contributed by atoms with Gasteiger partial charge in [-0.25, -0.2) is 4.98 Å². The van der Waals surface area contributed by atoms with Gasteiger partial charge in [0.2, 0.25) is 5.91 Å². The van der Waals surface area contributed by atoms with E-state index in [4.69, 9.17) is 16.3 Å².